The van der Waals surface area contributed by atoms with Crippen molar-refractivity contribution < 1.29 is 0 Å². The van der Waals surface area contributed by atoms with E-state index in [1.54, 1.807) is 11.3 Å². The number of fused-ring (bicyclic) bond motifs is 1. The molecule has 1 aromatic carbocycles. The van der Waals surface area contributed by atoms with Gasteiger partial charge in [-0.25, -0.2) is 0 Å². The van der Waals surface area contributed by atoms with E-state index in [9.17, 15) is 0 Å². The molecule has 0 radical (unpaired) electrons. The Morgan fingerprint density at radius 1 is 1.14 bits per heavy atom. The second-order valence-electron chi connectivity index (χ2n) is 7.14. The quantitative estimate of drug-likeness (QED) is 0.445. The molecule has 29 heavy (non-hydrogen) atoms. The zero-order valence-corrected chi connectivity index (χ0v) is 17.1. The Labute approximate surface area is 172 Å². The van der Waals surface area contributed by atoms with E-state index >= 15 is 0 Å². The number of aryl methyl sites for hydroxylation is 1. The molecular formula is C21H21N7S. The Balaban J connectivity index is 1.53. The van der Waals surface area contributed by atoms with Gasteiger partial charge in [-0.15, -0.1) is 21.5 Å². The molecule has 5 rings (SSSR count). The summed E-state index contributed by atoms with van der Waals surface area (Å²) in [6, 6.07) is 14.6. The fourth-order valence-electron chi connectivity index (χ4n) is 3.61. The number of benzene rings is 1. The van der Waals surface area contributed by atoms with Gasteiger partial charge >= 0.3 is 0 Å². The Bertz CT molecular complexity index is 1250. The monoisotopic (exact) mass is 403 g/mol. The van der Waals surface area contributed by atoms with E-state index < -0.39 is 0 Å². The van der Waals surface area contributed by atoms with E-state index in [-0.39, 0.29) is 0 Å². The van der Waals surface area contributed by atoms with E-state index in [1.807, 2.05) is 19.2 Å². The van der Waals surface area contributed by atoms with Gasteiger partial charge in [-0.05, 0) is 41.5 Å². The normalized spacial score (nSPS) is 11.4. The van der Waals surface area contributed by atoms with E-state index in [0.717, 1.165) is 35.2 Å². The zero-order chi connectivity index (χ0) is 19.8. The lowest BCUT2D eigenvalue weighted by atomic mass is 10.1. The highest BCUT2D eigenvalue weighted by Crippen LogP contribution is 2.26. The van der Waals surface area contributed by atoms with Crippen LogP contribution in [0.25, 0.3) is 22.4 Å². The zero-order valence-electron chi connectivity index (χ0n) is 16.3. The summed E-state index contributed by atoms with van der Waals surface area (Å²) in [6.45, 7) is 3.42. The fraction of sp³-hybridized carbons (Fsp3) is 0.190. The summed E-state index contributed by atoms with van der Waals surface area (Å²) in [5, 5.41) is 19.7. The van der Waals surface area contributed by atoms with Crippen LogP contribution in [0.4, 0.5) is 5.95 Å². The minimum absolute atomic E-state index is 0.707. The van der Waals surface area contributed by atoms with Crippen LogP contribution in [-0.2, 0) is 13.1 Å². The Hall–Kier alpha value is -3.39. The highest BCUT2D eigenvalue weighted by atomic mass is 32.1. The number of nitrogens with zero attached hydrogens (tertiary/aromatic N) is 5. The van der Waals surface area contributed by atoms with Crippen LogP contribution in [0.2, 0.25) is 0 Å². The number of hydrogen-bond donors (Lipinski definition) is 2. The molecule has 0 saturated heterocycles. The number of aromatic nitrogens is 6. The van der Waals surface area contributed by atoms with Gasteiger partial charge in [0.25, 0.3) is 0 Å². The predicted octanol–water partition coefficient (Wildman–Crippen LogP) is 4.20. The number of rotatable bonds is 6. The lowest BCUT2D eigenvalue weighted by Gasteiger charge is -2.20. The Morgan fingerprint density at radius 2 is 2.07 bits per heavy atom. The van der Waals surface area contributed by atoms with Crippen LogP contribution < -0.4 is 4.90 Å². The largest absolute Gasteiger partial charge is 0.361 e. The van der Waals surface area contributed by atoms with E-state index in [1.165, 1.54) is 15.8 Å². The topological polar surface area (TPSA) is 78.4 Å². The summed E-state index contributed by atoms with van der Waals surface area (Å²) >= 11 is 1.73. The van der Waals surface area contributed by atoms with Gasteiger partial charge in [-0.1, -0.05) is 24.3 Å². The molecule has 2 N–H and O–H groups in total. The van der Waals surface area contributed by atoms with Gasteiger partial charge in [0.15, 0.2) is 5.82 Å². The number of hydrogen-bond acceptors (Lipinski definition) is 5. The molecule has 0 spiro atoms. The van der Waals surface area contributed by atoms with E-state index in [4.69, 9.17) is 0 Å². The van der Waals surface area contributed by atoms with Gasteiger partial charge in [0, 0.05) is 30.4 Å². The third-order valence-corrected chi connectivity index (χ3v) is 5.84. The molecule has 0 fully saturated rings. The average Bonchev–Trinajstić information content (AvgIpc) is 3.49. The van der Waals surface area contributed by atoms with Crippen molar-refractivity contribution in [2.45, 2.75) is 20.0 Å². The molecule has 0 saturated carbocycles. The molecule has 5 aromatic rings. The minimum atomic E-state index is 0.707. The second kappa shape index (κ2) is 7.21. The highest BCUT2D eigenvalue weighted by Gasteiger charge is 2.20. The summed E-state index contributed by atoms with van der Waals surface area (Å²) in [5.41, 5.74) is 4.18. The highest BCUT2D eigenvalue weighted by molar-refractivity contribution is 7.09. The van der Waals surface area contributed by atoms with Crippen molar-refractivity contribution in [2.24, 2.45) is 0 Å². The van der Waals surface area contributed by atoms with Crippen LogP contribution in [0.15, 0.2) is 54.0 Å². The predicted molar refractivity (Wildman–Crippen MR) is 116 cm³/mol. The second-order valence-corrected chi connectivity index (χ2v) is 8.17. The SMILES string of the molecule is Cc1cc(-c2nnc(N(C)Cc3cccc4cc[nH]c34)n2Cc2cccs2)n[nH]1. The van der Waals surface area contributed by atoms with Crippen LogP contribution in [0.1, 0.15) is 16.1 Å². The van der Waals surface area contributed by atoms with E-state index in [2.05, 4.69) is 83.7 Å². The molecule has 0 atom stereocenters. The summed E-state index contributed by atoms with van der Waals surface area (Å²) in [7, 11) is 2.05. The number of aromatic amines is 2. The molecule has 0 aliphatic carbocycles. The van der Waals surface area contributed by atoms with Crippen molar-refractivity contribution in [3.63, 3.8) is 0 Å². The maximum absolute atomic E-state index is 4.53. The van der Waals surface area contributed by atoms with Gasteiger partial charge in [0.1, 0.15) is 5.69 Å². The first-order valence-corrected chi connectivity index (χ1v) is 10.3. The lowest BCUT2D eigenvalue weighted by molar-refractivity contribution is 0.760. The average molecular weight is 404 g/mol. The number of thiophene rings is 1. The summed E-state index contributed by atoms with van der Waals surface area (Å²) in [6.07, 6.45) is 1.98. The van der Waals surface area contributed by atoms with Gasteiger partial charge in [0.2, 0.25) is 5.95 Å². The number of H-pyrrole nitrogens is 2. The number of nitrogens with one attached hydrogen (secondary N) is 2. The summed E-state index contributed by atoms with van der Waals surface area (Å²) < 4.78 is 2.14. The molecule has 0 aliphatic heterocycles. The molecule has 146 valence electrons. The van der Waals surface area contributed by atoms with Crippen LogP contribution >= 0.6 is 11.3 Å². The minimum Gasteiger partial charge on any atom is -0.361 e. The first kappa shape index (κ1) is 17.7. The van der Waals surface area contributed by atoms with Crippen LogP contribution in [0.3, 0.4) is 0 Å². The first-order chi connectivity index (χ1) is 14.2. The van der Waals surface area contributed by atoms with Crippen molar-refractivity contribution in [2.75, 3.05) is 11.9 Å². The Morgan fingerprint density at radius 3 is 2.86 bits per heavy atom. The van der Waals surface area contributed by atoms with Crippen LogP contribution in [0, 0.1) is 6.92 Å². The molecule has 4 aromatic heterocycles. The molecule has 8 heteroatoms. The molecule has 0 amide bonds. The number of para-hydroxylation sites is 1. The standard InChI is InChI=1S/C21H21N7S/c1-14-11-18(24-23-14)20-25-26-21(28(20)13-17-7-4-10-29-17)27(2)12-16-6-3-5-15-8-9-22-19(15)16/h3-11,22H,12-13H2,1-2H3,(H,23,24). The van der Waals surface area contributed by atoms with Crippen molar-refractivity contribution in [3.05, 3.63) is 70.2 Å². The van der Waals surface area contributed by atoms with Gasteiger partial charge < -0.3 is 9.88 Å². The lowest BCUT2D eigenvalue weighted by Crippen LogP contribution is -2.21. The van der Waals surface area contributed by atoms with Crippen LogP contribution in [-0.4, -0.2) is 37.0 Å². The van der Waals surface area contributed by atoms with Crippen LogP contribution in [0.5, 0.6) is 0 Å². The third-order valence-electron chi connectivity index (χ3n) is 4.98. The Kier molecular flexibility index (Phi) is 4.40. The fourth-order valence-corrected chi connectivity index (χ4v) is 4.30. The van der Waals surface area contributed by atoms with Crippen molar-refractivity contribution in [3.8, 4) is 11.5 Å². The maximum atomic E-state index is 4.53. The van der Waals surface area contributed by atoms with Gasteiger partial charge in [0.05, 0.1) is 12.1 Å². The molecule has 0 bridgehead atoms. The molecule has 7 nitrogen and oxygen atoms in total. The summed E-state index contributed by atoms with van der Waals surface area (Å²) in [4.78, 5) is 6.74. The molecule has 0 unspecified atom stereocenters. The number of anilines is 1. The molecular weight excluding hydrogens is 382 g/mol. The maximum Gasteiger partial charge on any atom is 0.227 e. The van der Waals surface area contributed by atoms with Gasteiger partial charge in [-0.3, -0.25) is 9.67 Å². The summed E-state index contributed by atoms with van der Waals surface area (Å²) in [5.74, 6) is 1.58. The van der Waals surface area contributed by atoms with Gasteiger partial charge in [-0.2, -0.15) is 5.10 Å². The smallest absolute Gasteiger partial charge is 0.227 e. The first-order valence-electron chi connectivity index (χ1n) is 9.43. The third kappa shape index (κ3) is 3.31. The van der Waals surface area contributed by atoms with Crippen molar-refractivity contribution in [1.82, 2.24) is 29.9 Å². The molecule has 4 heterocycles. The van der Waals surface area contributed by atoms with Crippen molar-refractivity contribution >= 4 is 28.2 Å². The molecule has 0 aliphatic rings. The van der Waals surface area contributed by atoms with Crippen molar-refractivity contribution in [1.29, 1.82) is 0 Å². The van der Waals surface area contributed by atoms with E-state index in [0.29, 0.717) is 6.54 Å².